The summed E-state index contributed by atoms with van der Waals surface area (Å²) >= 11 is 0. The molecule has 0 spiro atoms. The first-order valence-corrected chi connectivity index (χ1v) is 10.5. The zero-order chi connectivity index (χ0) is 22.7. The number of halogens is 1. The van der Waals surface area contributed by atoms with Gasteiger partial charge in [-0.25, -0.2) is 19.0 Å². The molecule has 1 aliphatic heterocycles. The van der Waals surface area contributed by atoms with Gasteiger partial charge in [0.05, 0.1) is 30.6 Å². The number of imidazole rings is 1. The number of rotatable bonds is 4. The summed E-state index contributed by atoms with van der Waals surface area (Å²) in [4.78, 5) is 34.5. The summed E-state index contributed by atoms with van der Waals surface area (Å²) in [5.74, 6) is -0.113. The fourth-order valence-electron chi connectivity index (χ4n) is 3.96. The number of nitrogens with zero attached hydrogens (tertiary/aromatic N) is 2. The van der Waals surface area contributed by atoms with Crippen LogP contribution >= 0.6 is 0 Å². The predicted octanol–water partition coefficient (Wildman–Crippen LogP) is 5.07. The Kier molecular flexibility index (Phi) is 6.20. The first kappa shape index (κ1) is 21.5. The maximum absolute atomic E-state index is 13.6. The number of nitrogens with one attached hydrogen (secondary N) is 2. The van der Waals surface area contributed by atoms with Crippen molar-refractivity contribution in [2.75, 3.05) is 19.0 Å². The van der Waals surface area contributed by atoms with E-state index in [-0.39, 0.29) is 17.9 Å². The van der Waals surface area contributed by atoms with Crippen molar-refractivity contribution in [1.29, 1.82) is 0 Å². The summed E-state index contributed by atoms with van der Waals surface area (Å²) in [5.41, 5.74) is 3.17. The van der Waals surface area contributed by atoms with Gasteiger partial charge in [0, 0.05) is 17.8 Å². The lowest BCUT2D eigenvalue weighted by atomic mass is 10.0. The molecule has 8 heteroatoms. The van der Waals surface area contributed by atoms with Crippen molar-refractivity contribution in [2.24, 2.45) is 0 Å². The summed E-state index contributed by atoms with van der Waals surface area (Å²) in [6.07, 6.45) is 4.30. The summed E-state index contributed by atoms with van der Waals surface area (Å²) in [5, 5.41) is 2.93. The highest BCUT2D eigenvalue weighted by Gasteiger charge is 2.30. The Morgan fingerprint density at radius 2 is 2.06 bits per heavy atom. The number of likely N-dealkylation sites (tertiary alicyclic amines) is 1. The number of aromatic amines is 1. The molecular formula is C24H25FN4O3. The number of aryl methyl sites for hydroxylation is 1. The second-order valence-electron chi connectivity index (χ2n) is 7.85. The zero-order valence-corrected chi connectivity index (χ0v) is 18.0. The van der Waals surface area contributed by atoms with Crippen LogP contribution in [0.5, 0.6) is 0 Å². The van der Waals surface area contributed by atoms with E-state index in [9.17, 15) is 14.0 Å². The third-order valence-corrected chi connectivity index (χ3v) is 5.71. The van der Waals surface area contributed by atoms with Gasteiger partial charge in [-0.2, -0.15) is 0 Å². The summed E-state index contributed by atoms with van der Waals surface area (Å²) < 4.78 is 18.4. The van der Waals surface area contributed by atoms with Crippen molar-refractivity contribution in [3.05, 3.63) is 71.4 Å². The molecule has 1 aliphatic rings. The minimum Gasteiger partial charge on any atom is -0.465 e. The van der Waals surface area contributed by atoms with E-state index < -0.39 is 5.97 Å². The molecule has 0 radical (unpaired) electrons. The Morgan fingerprint density at radius 3 is 2.84 bits per heavy atom. The van der Waals surface area contributed by atoms with Crippen LogP contribution in [0.3, 0.4) is 0 Å². The number of H-pyrrole nitrogens is 1. The van der Waals surface area contributed by atoms with Gasteiger partial charge in [-0.1, -0.05) is 18.2 Å². The number of carbonyl (C=O) groups is 2. The van der Waals surface area contributed by atoms with Gasteiger partial charge < -0.3 is 19.9 Å². The minimum absolute atomic E-state index is 0.227. The highest BCUT2D eigenvalue weighted by atomic mass is 19.1. The van der Waals surface area contributed by atoms with E-state index in [2.05, 4.69) is 15.3 Å². The van der Waals surface area contributed by atoms with E-state index in [4.69, 9.17) is 4.74 Å². The molecular weight excluding hydrogens is 411 g/mol. The molecule has 1 atom stereocenters. The highest BCUT2D eigenvalue weighted by Crippen LogP contribution is 2.31. The first-order valence-electron chi connectivity index (χ1n) is 10.5. The van der Waals surface area contributed by atoms with Gasteiger partial charge >= 0.3 is 12.0 Å². The topological polar surface area (TPSA) is 87.3 Å². The Bertz CT molecular complexity index is 1140. The van der Waals surface area contributed by atoms with Crippen LogP contribution in [0.25, 0.3) is 11.3 Å². The third kappa shape index (κ3) is 4.49. The summed E-state index contributed by atoms with van der Waals surface area (Å²) in [7, 11) is 1.32. The number of carbonyl (C=O) groups excluding carboxylic acids is 2. The largest absolute Gasteiger partial charge is 0.465 e. The van der Waals surface area contributed by atoms with Gasteiger partial charge in [0.1, 0.15) is 11.6 Å². The zero-order valence-electron chi connectivity index (χ0n) is 18.0. The summed E-state index contributed by atoms with van der Waals surface area (Å²) in [6, 6.07) is 10.9. The number of methoxy groups -OCH3 is 1. The third-order valence-electron chi connectivity index (χ3n) is 5.71. The Labute approximate surface area is 185 Å². The molecule has 166 valence electrons. The molecule has 0 saturated carbocycles. The van der Waals surface area contributed by atoms with E-state index >= 15 is 0 Å². The van der Waals surface area contributed by atoms with Gasteiger partial charge in [-0.3, -0.25) is 0 Å². The van der Waals surface area contributed by atoms with E-state index in [1.807, 2.05) is 13.0 Å². The van der Waals surface area contributed by atoms with Gasteiger partial charge in [0.2, 0.25) is 0 Å². The molecule has 2 aromatic carbocycles. The van der Waals surface area contributed by atoms with Crippen LogP contribution in [-0.4, -0.2) is 40.5 Å². The Hall–Kier alpha value is -3.68. The van der Waals surface area contributed by atoms with Gasteiger partial charge in [0.25, 0.3) is 0 Å². The van der Waals surface area contributed by atoms with Gasteiger partial charge in [0.15, 0.2) is 0 Å². The number of hydrogen-bond acceptors (Lipinski definition) is 4. The van der Waals surface area contributed by atoms with Crippen LogP contribution in [0.2, 0.25) is 0 Å². The van der Waals surface area contributed by atoms with Crippen LogP contribution in [0.1, 0.15) is 47.1 Å². The number of esters is 1. The molecule has 2 heterocycles. The molecule has 1 fully saturated rings. The van der Waals surface area contributed by atoms with E-state index in [0.717, 1.165) is 24.8 Å². The fraction of sp³-hybridized carbons (Fsp3) is 0.292. The molecule has 7 nitrogen and oxygen atoms in total. The lowest BCUT2D eigenvalue weighted by Crippen LogP contribution is -2.41. The Balaban J connectivity index is 1.55. The molecule has 2 N–H and O–H groups in total. The predicted molar refractivity (Wildman–Crippen MR) is 119 cm³/mol. The standard InChI is InChI=1S/C24H25FN4O3/c1-15-9-10-17(23(30)32-2)13-19(15)28-24(31)29-11-4-3-8-21(29)22-26-14-20(27-22)16-6-5-7-18(25)12-16/h5-7,9-10,12-14,21H,3-4,8,11H2,1-2H3,(H,26,27)(H,28,31). The van der Waals surface area contributed by atoms with E-state index in [1.54, 1.807) is 35.4 Å². The maximum atomic E-state index is 13.6. The van der Waals surface area contributed by atoms with Crippen molar-refractivity contribution in [3.63, 3.8) is 0 Å². The van der Waals surface area contributed by atoms with Crippen LogP contribution in [0.4, 0.5) is 14.9 Å². The van der Waals surface area contributed by atoms with Crippen molar-refractivity contribution in [1.82, 2.24) is 14.9 Å². The molecule has 32 heavy (non-hydrogen) atoms. The van der Waals surface area contributed by atoms with Crippen molar-refractivity contribution >= 4 is 17.7 Å². The van der Waals surface area contributed by atoms with Crippen LogP contribution in [0, 0.1) is 12.7 Å². The summed E-state index contributed by atoms with van der Waals surface area (Å²) in [6.45, 7) is 2.45. The number of ether oxygens (including phenoxy) is 1. The van der Waals surface area contributed by atoms with E-state index in [1.165, 1.54) is 19.2 Å². The molecule has 1 saturated heterocycles. The van der Waals surface area contributed by atoms with Crippen molar-refractivity contribution in [3.8, 4) is 11.3 Å². The molecule has 0 aliphatic carbocycles. The van der Waals surface area contributed by atoms with Gasteiger partial charge in [-0.15, -0.1) is 0 Å². The normalized spacial score (nSPS) is 16.0. The van der Waals surface area contributed by atoms with Crippen molar-refractivity contribution < 1.29 is 18.7 Å². The number of hydrogen-bond donors (Lipinski definition) is 2. The monoisotopic (exact) mass is 436 g/mol. The van der Waals surface area contributed by atoms with E-state index in [0.29, 0.717) is 34.9 Å². The average Bonchev–Trinajstić information content (AvgIpc) is 3.30. The number of amides is 2. The number of urea groups is 1. The number of anilines is 1. The molecule has 3 aromatic rings. The molecule has 2 amide bonds. The molecule has 4 rings (SSSR count). The smallest absolute Gasteiger partial charge is 0.337 e. The fourth-order valence-corrected chi connectivity index (χ4v) is 3.96. The van der Waals surface area contributed by atoms with Crippen molar-refractivity contribution in [2.45, 2.75) is 32.2 Å². The average molecular weight is 436 g/mol. The Morgan fingerprint density at radius 1 is 1.22 bits per heavy atom. The van der Waals surface area contributed by atoms with Crippen LogP contribution < -0.4 is 5.32 Å². The van der Waals surface area contributed by atoms with Gasteiger partial charge in [-0.05, 0) is 56.0 Å². The minimum atomic E-state index is -0.461. The maximum Gasteiger partial charge on any atom is 0.337 e. The van der Waals surface area contributed by atoms with Crippen LogP contribution in [-0.2, 0) is 4.74 Å². The molecule has 1 unspecified atom stereocenters. The first-order chi connectivity index (χ1) is 15.5. The van der Waals surface area contributed by atoms with Crippen LogP contribution in [0.15, 0.2) is 48.7 Å². The lowest BCUT2D eigenvalue weighted by molar-refractivity contribution is 0.0600. The number of benzene rings is 2. The number of piperidine rings is 1. The molecule has 1 aromatic heterocycles. The molecule has 0 bridgehead atoms. The second kappa shape index (κ2) is 9.21. The quantitative estimate of drug-likeness (QED) is 0.559. The lowest BCUT2D eigenvalue weighted by Gasteiger charge is -2.34. The number of aromatic nitrogens is 2. The highest BCUT2D eigenvalue weighted by molar-refractivity contribution is 5.94. The second-order valence-corrected chi connectivity index (χ2v) is 7.85. The SMILES string of the molecule is COC(=O)c1ccc(C)c(NC(=O)N2CCCCC2c2ncc(-c3cccc(F)c3)[nH]2)c1.